The molecule has 6 heteroatoms. The lowest BCUT2D eigenvalue weighted by molar-refractivity contribution is -0.116. The number of carbonyl (C=O) groups is 1. The van der Waals surface area contributed by atoms with E-state index in [4.69, 9.17) is 0 Å². The molecule has 1 atom stereocenters. The maximum atomic E-state index is 13.1. The van der Waals surface area contributed by atoms with Gasteiger partial charge in [-0.25, -0.2) is 8.42 Å². The number of anilines is 2. The summed E-state index contributed by atoms with van der Waals surface area (Å²) in [6, 6.07) is 12.6. The van der Waals surface area contributed by atoms with E-state index in [2.05, 4.69) is 5.32 Å². The molecule has 0 bridgehead atoms. The van der Waals surface area contributed by atoms with E-state index >= 15 is 0 Å². The van der Waals surface area contributed by atoms with Gasteiger partial charge in [-0.1, -0.05) is 25.1 Å². The number of hydrogen-bond acceptors (Lipinski definition) is 3. The number of para-hydroxylation sites is 1. The number of amides is 1. The normalized spacial score (nSPS) is 19.6. The molecule has 24 heavy (non-hydrogen) atoms. The minimum Gasteiger partial charge on any atom is -0.326 e. The van der Waals surface area contributed by atoms with Gasteiger partial charge in [0.15, 0.2) is 0 Å². The molecule has 2 heterocycles. The van der Waals surface area contributed by atoms with Gasteiger partial charge < -0.3 is 5.32 Å². The number of nitrogens with one attached hydrogen (secondary N) is 1. The lowest BCUT2D eigenvalue weighted by Gasteiger charge is -2.22. The molecular weight excluding hydrogens is 324 g/mol. The van der Waals surface area contributed by atoms with Crippen LogP contribution in [0.15, 0.2) is 47.4 Å². The van der Waals surface area contributed by atoms with Gasteiger partial charge in [0.2, 0.25) is 5.91 Å². The quantitative estimate of drug-likeness (QED) is 0.912. The maximum Gasteiger partial charge on any atom is 0.264 e. The number of hydrogen-bond donors (Lipinski definition) is 1. The van der Waals surface area contributed by atoms with Crippen LogP contribution in [-0.4, -0.2) is 20.9 Å². The number of aryl methyl sites for hydroxylation is 1. The van der Waals surface area contributed by atoms with Crippen LogP contribution in [0.4, 0.5) is 11.4 Å². The molecule has 0 saturated carbocycles. The van der Waals surface area contributed by atoms with Crippen molar-refractivity contribution < 1.29 is 13.2 Å². The lowest BCUT2D eigenvalue weighted by Crippen LogP contribution is -2.30. The van der Waals surface area contributed by atoms with E-state index in [-0.39, 0.29) is 16.7 Å². The highest BCUT2D eigenvalue weighted by atomic mass is 32.2. The number of benzene rings is 2. The predicted octanol–water partition coefficient (Wildman–Crippen LogP) is 2.88. The van der Waals surface area contributed by atoms with Crippen molar-refractivity contribution in [3.63, 3.8) is 0 Å². The standard InChI is InChI=1S/C18H18N2O3S/c1-12-11-20(17-5-3-2-4-15(12)17)24(22,23)14-7-8-16-13(10-14)6-9-18(21)19-16/h2-5,7-8,10,12H,6,9,11H2,1H3,(H,19,21). The summed E-state index contributed by atoms with van der Waals surface area (Å²) < 4.78 is 27.8. The zero-order valence-corrected chi connectivity index (χ0v) is 14.1. The van der Waals surface area contributed by atoms with Gasteiger partial charge in [-0.2, -0.15) is 0 Å². The first kappa shape index (κ1) is 15.2. The van der Waals surface area contributed by atoms with Gasteiger partial charge in [0, 0.05) is 24.6 Å². The smallest absolute Gasteiger partial charge is 0.264 e. The van der Waals surface area contributed by atoms with Crippen LogP contribution in [0.1, 0.15) is 30.4 Å². The van der Waals surface area contributed by atoms with Crippen molar-refractivity contribution in [2.45, 2.75) is 30.6 Å². The maximum absolute atomic E-state index is 13.1. The Morgan fingerprint density at radius 2 is 1.92 bits per heavy atom. The molecule has 0 aliphatic carbocycles. The van der Waals surface area contributed by atoms with E-state index in [1.54, 1.807) is 18.2 Å². The van der Waals surface area contributed by atoms with Crippen molar-refractivity contribution in [3.8, 4) is 0 Å². The Bertz CT molecular complexity index is 937. The van der Waals surface area contributed by atoms with Crippen molar-refractivity contribution in [3.05, 3.63) is 53.6 Å². The molecule has 2 aromatic rings. The Morgan fingerprint density at radius 3 is 2.75 bits per heavy atom. The van der Waals surface area contributed by atoms with Crippen LogP contribution in [0.5, 0.6) is 0 Å². The minimum absolute atomic E-state index is 0.0274. The first-order valence-corrected chi connectivity index (χ1v) is 9.45. The fraction of sp³-hybridized carbons (Fsp3) is 0.278. The van der Waals surface area contributed by atoms with Crippen LogP contribution < -0.4 is 9.62 Å². The number of fused-ring (bicyclic) bond motifs is 2. The zero-order chi connectivity index (χ0) is 16.9. The molecule has 0 spiro atoms. The minimum atomic E-state index is -3.61. The largest absolute Gasteiger partial charge is 0.326 e. The highest BCUT2D eigenvalue weighted by Gasteiger charge is 2.34. The Hall–Kier alpha value is -2.34. The molecule has 0 fully saturated rings. The molecule has 2 aliphatic rings. The van der Waals surface area contributed by atoms with Gasteiger partial charge in [-0.3, -0.25) is 9.10 Å². The van der Waals surface area contributed by atoms with Crippen LogP contribution >= 0.6 is 0 Å². The van der Waals surface area contributed by atoms with Crippen LogP contribution in [-0.2, 0) is 21.2 Å². The van der Waals surface area contributed by atoms with E-state index in [9.17, 15) is 13.2 Å². The monoisotopic (exact) mass is 342 g/mol. The number of sulfonamides is 1. The molecule has 124 valence electrons. The average molecular weight is 342 g/mol. The van der Waals surface area contributed by atoms with Crippen LogP contribution in [0, 0.1) is 0 Å². The van der Waals surface area contributed by atoms with Crippen LogP contribution in [0.25, 0.3) is 0 Å². The second kappa shape index (κ2) is 5.34. The Labute approximate surface area is 141 Å². The van der Waals surface area contributed by atoms with Gasteiger partial charge >= 0.3 is 0 Å². The number of nitrogens with zero attached hydrogens (tertiary/aromatic N) is 1. The number of rotatable bonds is 2. The van der Waals surface area contributed by atoms with Gasteiger partial charge in [-0.05, 0) is 41.8 Å². The summed E-state index contributed by atoms with van der Waals surface area (Å²) in [4.78, 5) is 11.7. The summed E-state index contributed by atoms with van der Waals surface area (Å²) >= 11 is 0. The molecule has 1 N–H and O–H groups in total. The lowest BCUT2D eigenvalue weighted by atomic mass is 10.0. The Kier molecular flexibility index (Phi) is 3.38. The van der Waals surface area contributed by atoms with Crippen molar-refractivity contribution in [1.82, 2.24) is 0 Å². The molecule has 2 aliphatic heterocycles. The fourth-order valence-electron chi connectivity index (χ4n) is 3.45. The van der Waals surface area contributed by atoms with E-state index < -0.39 is 10.0 Å². The van der Waals surface area contributed by atoms with Gasteiger partial charge in [-0.15, -0.1) is 0 Å². The predicted molar refractivity (Wildman–Crippen MR) is 92.8 cm³/mol. The SMILES string of the molecule is CC1CN(S(=O)(=O)c2ccc3c(c2)CCC(=O)N3)c2ccccc21. The summed E-state index contributed by atoms with van der Waals surface area (Å²) in [6.07, 6.45) is 0.956. The molecule has 5 nitrogen and oxygen atoms in total. The van der Waals surface area contributed by atoms with Crippen LogP contribution in [0.2, 0.25) is 0 Å². The summed E-state index contributed by atoms with van der Waals surface area (Å²) in [6.45, 7) is 2.49. The first-order valence-electron chi connectivity index (χ1n) is 8.01. The first-order chi connectivity index (χ1) is 11.5. The molecule has 0 aromatic heterocycles. The van der Waals surface area contributed by atoms with Crippen LogP contribution in [0.3, 0.4) is 0 Å². The van der Waals surface area contributed by atoms with E-state index in [0.29, 0.717) is 25.1 Å². The van der Waals surface area contributed by atoms with Gasteiger partial charge in [0.25, 0.3) is 10.0 Å². The summed E-state index contributed by atoms with van der Waals surface area (Å²) in [5.41, 5.74) is 3.40. The highest BCUT2D eigenvalue weighted by Crippen LogP contribution is 2.39. The Balaban J connectivity index is 1.76. The van der Waals surface area contributed by atoms with Crippen molar-refractivity contribution in [2.75, 3.05) is 16.2 Å². The summed E-state index contributed by atoms with van der Waals surface area (Å²) in [7, 11) is -3.61. The highest BCUT2D eigenvalue weighted by molar-refractivity contribution is 7.92. The Morgan fingerprint density at radius 1 is 1.12 bits per heavy atom. The van der Waals surface area contributed by atoms with Gasteiger partial charge in [0.05, 0.1) is 10.6 Å². The third-order valence-electron chi connectivity index (χ3n) is 4.74. The van der Waals surface area contributed by atoms with Gasteiger partial charge in [0.1, 0.15) is 0 Å². The topological polar surface area (TPSA) is 66.5 Å². The second-order valence-corrected chi connectivity index (χ2v) is 8.23. The van der Waals surface area contributed by atoms with E-state index in [1.165, 1.54) is 4.31 Å². The van der Waals surface area contributed by atoms with Crippen molar-refractivity contribution in [2.24, 2.45) is 0 Å². The molecule has 2 aromatic carbocycles. The summed E-state index contributed by atoms with van der Waals surface area (Å²) in [5.74, 6) is 0.147. The second-order valence-electron chi connectivity index (χ2n) is 6.36. The fourth-order valence-corrected chi connectivity index (χ4v) is 5.08. The van der Waals surface area contributed by atoms with Crippen molar-refractivity contribution >= 4 is 27.3 Å². The average Bonchev–Trinajstić information content (AvgIpc) is 2.92. The molecule has 0 radical (unpaired) electrons. The third kappa shape index (κ3) is 2.29. The third-order valence-corrected chi connectivity index (χ3v) is 6.51. The van der Waals surface area contributed by atoms with Crippen molar-refractivity contribution in [1.29, 1.82) is 0 Å². The number of carbonyl (C=O) groups excluding carboxylic acids is 1. The molecular formula is C18H18N2O3S. The summed E-state index contributed by atoms with van der Waals surface area (Å²) in [5, 5.41) is 2.78. The molecule has 0 saturated heterocycles. The molecule has 4 rings (SSSR count). The van der Waals surface area contributed by atoms with E-state index in [0.717, 1.165) is 16.8 Å². The molecule has 1 unspecified atom stereocenters. The van der Waals surface area contributed by atoms with E-state index in [1.807, 2.05) is 31.2 Å². The zero-order valence-electron chi connectivity index (χ0n) is 13.3. The molecule has 1 amide bonds.